The highest BCUT2D eigenvalue weighted by Gasteiger charge is 2.09. The van der Waals surface area contributed by atoms with Crippen LogP contribution < -0.4 is 10.1 Å². The van der Waals surface area contributed by atoms with Crippen molar-refractivity contribution in [3.8, 4) is 5.75 Å². The van der Waals surface area contributed by atoms with Crippen LogP contribution in [0.3, 0.4) is 0 Å². The first kappa shape index (κ1) is 15.0. The highest BCUT2D eigenvalue weighted by atomic mass is 127. The number of benzene rings is 1. The lowest BCUT2D eigenvalue weighted by Crippen LogP contribution is -2.08. The van der Waals surface area contributed by atoms with Crippen LogP contribution in [0.1, 0.15) is 24.0 Å². The molecule has 106 valence electrons. The van der Waals surface area contributed by atoms with Gasteiger partial charge in [0.2, 0.25) is 0 Å². The van der Waals surface area contributed by atoms with Gasteiger partial charge in [-0.05, 0) is 54.1 Å². The zero-order chi connectivity index (χ0) is 14.5. The van der Waals surface area contributed by atoms with Gasteiger partial charge in [-0.1, -0.05) is 12.1 Å². The molecule has 0 fully saturated rings. The summed E-state index contributed by atoms with van der Waals surface area (Å²) < 4.78 is 6.25. The fourth-order valence-electron chi connectivity index (χ4n) is 1.91. The van der Waals surface area contributed by atoms with E-state index >= 15 is 0 Å². The number of rotatable bonds is 5. The molecule has 1 aromatic carbocycles. The Kier molecular flexibility index (Phi) is 5.17. The minimum Gasteiger partial charge on any atom is -0.497 e. The van der Waals surface area contributed by atoms with Crippen LogP contribution in [0.15, 0.2) is 24.3 Å². The van der Waals surface area contributed by atoms with Gasteiger partial charge in [0.1, 0.15) is 17.4 Å². The minimum absolute atomic E-state index is 0.722. The smallest absolute Gasteiger partial charge is 0.143 e. The molecule has 5 heteroatoms. The summed E-state index contributed by atoms with van der Waals surface area (Å²) in [5, 5.41) is 3.28. The van der Waals surface area contributed by atoms with E-state index in [0.29, 0.717) is 0 Å². The van der Waals surface area contributed by atoms with Crippen molar-refractivity contribution in [2.24, 2.45) is 0 Å². The SMILES string of the molecule is CCNc1nc(Cc2ccc(OC)cc2)nc(C)c1I. The van der Waals surface area contributed by atoms with E-state index in [1.807, 2.05) is 31.2 Å². The highest BCUT2D eigenvalue weighted by molar-refractivity contribution is 14.1. The predicted octanol–water partition coefficient (Wildman–Crippen LogP) is 3.42. The second-order valence-electron chi connectivity index (χ2n) is 4.44. The molecule has 0 atom stereocenters. The maximum absolute atomic E-state index is 5.16. The van der Waals surface area contributed by atoms with E-state index in [1.54, 1.807) is 7.11 Å². The molecular weight excluding hydrogens is 365 g/mol. The number of anilines is 1. The molecular formula is C15H18IN3O. The normalized spacial score (nSPS) is 10.4. The Hall–Kier alpha value is -1.37. The van der Waals surface area contributed by atoms with Gasteiger partial charge in [0, 0.05) is 13.0 Å². The third kappa shape index (κ3) is 3.59. The standard InChI is InChI=1S/C15H18IN3O/c1-4-17-15-14(16)10(2)18-13(19-15)9-11-5-7-12(20-3)8-6-11/h5-8H,4,9H2,1-3H3,(H,17,18,19). The molecule has 0 spiro atoms. The summed E-state index contributed by atoms with van der Waals surface area (Å²) in [5.74, 6) is 2.62. The second-order valence-corrected chi connectivity index (χ2v) is 5.52. The summed E-state index contributed by atoms with van der Waals surface area (Å²) in [6.07, 6.45) is 0.722. The Labute approximate surface area is 133 Å². The van der Waals surface area contributed by atoms with Gasteiger partial charge in [0.05, 0.1) is 16.4 Å². The number of aryl methyl sites for hydroxylation is 1. The Morgan fingerprint density at radius 1 is 1.20 bits per heavy atom. The molecule has 0 bridgehead atoms. The monoisotopic (exact) mass is 383 g/mol. The summed E-state index contributed by atoms with van der Waals surface area (Å²) in [4.78, 5) is 9.16. The predicted molar refractivity (Wildman–Crippen MR) is 89.4 cm³/mol. The average molecular weight is 383 g/mol. The first-order valence-electron chi connectivity index (χ1n) is 6.53. The van der Waals surface area contributed by atoms with E-state index in [-0.39, 0.29) is 0 Å². The molecule has 1 aromatic heterocycles. The molecule has 0 saturated carbocycles. The maximum atomic E-state index is 5.16. The van der Waals surface area contributed by atoms with Crippen molar-refractivity contribution in [2.75, 3.05) is 19.0 Å². The molecule has 0 unspecified atom stereocenters. The quantitative estimate of drug-likeness (QED) is 0.804. The lowest BCUT2D eigenvalue weighted by molar-refractivity contribution is 0.414. The summed E-state index contributed by atoms with van der Waals surface area (Å²) >= 11 is 2.28. The third-order valence-electron chi connectivity index (χ3n) is 2.93. The number of aromatic nitrogens is 2. The average Bonchev–Trinajstić information content (AvgIpc) is 2.45. The lowest BCUT2D eigenvalue weighted by atomic mass is 10.1. The van der Waals surface area contributed by atoms with Gasteiger partial charge < -0.3 is 10.1 Å². The highest BCUT2D eigenvalue weighted by Crippen LogP contribution is 2.20. The van der Waals surface area contributed by atoms with Crippen LogP contribution in [-0.4, -0.2) is 23.6 Å². The van der Waals surface area contributed by atoms with Gasteiger partial charge in [-0.25, -0.2) is 9.97 Å². The Morgan fingerprint density at radius 2 is 1.90 bits per heavy atom. The Bertz CT molecular complexity index is 584. The number of hydrogen-bond acceptors (Lipinski definition) is 4. The molecule has 2 aromatic rings. The maximum Gasteiger partial charge on any atom is 0.143 e. The number of methoxy groups -OCH3 is 1. The van der Waals surface area contributed by atoms with Crippen LogP contribution in [0.4, 0.5) is 5.82 Å². The van der Waals surface area contributed by atoms with E-state index < -0.39 is 0 Å². The van der Waals surface area contributed by atoms with Gasteiger partial charge in [0.15, 0.2) is 0 Å². The van der Waals surface area contributed by atoms with Gasteiger partial charge in [-0.15, -0.1) is 0 Å². The molecule has 1 N–H and O–H groups in total. The van der Waals surface area contributed by atoms with E-state index in [1.165, 1.54) is 5.56 Å². The van der Waals surface area contributed by atoms with Gasteiger partial charge in [-0.2, -0.15) is 0 Å². The van der Waals surface area contributed by atoms with Gasteiger partial charge in [0.25, 0.3) is 0 Å². The molecule has 4 nitrogen and oxygen atoms in total. The van der Waals surface area contributed by atoms with Crippen molar-refractivity contribution in [2.45, 2.75) is 20.3 Å². The molecule has 0 radical (unpaired) electrons. The number of nitrogens with one attached hydrogen (secondary N) is 1. The van der Waals surface area contributed by atoms with Crippen molar-refractivity contribution < 1.29 is 4.74 Å². The summed E-state index contributed by atoms with van der Waals surface area (Å²) in [5.41, 5.74) is 2.19. The fourth-order valence-corrected chi connectivity index (χ4v) is 2.34. The summed E-state index contributed by atoms with van der Waals surface area (Å²) in [6, 6.07) is 8.00. The zero-order valence-electron chi connectivity index (χ0n) is 11.9. The Morgan fingerprint density at radius 3 is 2.50 bits per heavy atom. The van der Waals surface area contributed by atoms with E-state index in [4.69, 9.17) is 4.74 Å². The first-order valence-corrected chi connectivity index (χ1v) is 7.61. The van der Waals surface area contributed by atoms with E-state index in [0.717, 1.165) is 39.6 Å². The number of nitrogens with zero attached hydrogens (tertiary/aromatic N) is 2. The number of ether oxygens (including phenoxy) is 1. The van der Waals surface area contributed by atoms with Crippen LogP contribution in [0, 0.1) is 10.5 Å². The first-order chi connectivity index (χ1) is 9.63. The molecule has 0 aliphatic carbocycles. The molecule has 0 amide bonds. The van der Waals surface area contributed by atoms with E-state index in [2.05, 4.69) is 44.8 Å². The third-order valence-corrected chi connectivity index (χ3v) is 4.22. The van der Waals surface area contributed by atoms with Crippen molar-refractivity contribution in [1.29, 1.82) is 0 Å². The number of halogens is 1. The molecule has 0 aliphatic rings. The van der Waals surface area contributed by atoms with Gasteiger partial charge >= 0.3 is 0 Å². The van der Waals surface area contributed by atoms with Crippen LogP contribution in [0.5, 0.6) is 5.75 Å². The Balaban J connectivity index is 2.23. The van der Waals surface area contributed by atoms with Crippen molar-refractivity contribution in [3.05, 3.63) is 44.9 Å². The minimum atomic E-state index is 0.722. The fraction of sp³-hybridized carbons (Fsp3) is 0.333. The van der Waals surface area contributed by atoms with E-state index in [9.17, 15) is 0 Å². The molecule has 0 aliphatic heterocycles. The largest absolute Gasteiger partial charge is 0.497 e. The van der Waals surface area contributed by atoms with Crippen LogP contribution in [0.25, 0.3) is 0 Å². The van der Waals surface area contributed by atoms with Crippen LogP contribution >= 0.6 is 22.6 Å². The van der Waals surface area contributed by atoms with Crippen LogP contribution in [0.2, 0.25) is 0 Å². The second kappa shape index (κ2) is 6.88. The van der Waals surface area contributed by atoms with Gasteiger partial charge in [-0.3, -0.25) is 0 Å². The van der Waals surface area contributed by atoms with Crippen molar-refractivity contribution in [1.82, 2.24) is 9.97 Å². The topological polar surface area (TPSA) is 47.0 Å². The molecule has 1 heterocycles. The molecule has 20 heavy (non-hydrogen) atoms. The summed E-state index contributed by atoms with van der Waals surface area (Å²) in [7, 11) is 1.67. The molecule has 0 saturated heterocycles. The number of hydrogen-bond donors (Lipinski definition) is 1. The lowest BCUT2D eigenvalue weighted by Gasteiger charge is -2.10. The summed E-state index contributed by atoms with van der Waals surface area (Å²) in [6.45, 7) is 4.94. The molecule has 2 rings (SSSR count). The van der Waals surface area contributed by atoms with Crippen molar-refractivity contribution >= 4 is 28.4 Å². The van der Waals surface area contributed by atoms with Crippen molar-refractivity contribution in [3.63, 3.8) is 0 Å². The van der Waals surface area contributed by atoms with Crippen LogP contribution in [-0.2, 0) is 6.42 Å². The zero-order valence-corrected chi connectivity index (χ0v) is 14.1.